The van der Waals surface area contributed by atoms with Crippen LogP contribution in [-0.2, 0) is 17.9 Å². The van der Waals surface area contributed by atoms with Crippen LogP contribution in [0.5, 0.6) is 0 Å². The van der Waals surface area contributed by atoms with Crippen LogP contribution in [0.25, 0.3) is 11.7 Å². The number of hydrogen-bond acceptors (Lipinski definition) is 8. The topological polar surface area (TPSA) is 80.5 Å². The second-order valence-corrected chi connectivity index (χ2v) is 7.64. The highest BCUT2D eigenvalue weighted by molar-refractivity contribution is 7.71. The molecule has 0 bridgehead atoms. The minimum absolute atomic E-state index is 0.127. The molecule has 1 fully saturated rings. The summed E-state index contributed by atoms with van der Waals surface area (Å²) < 4.78 is 12.4. The van der Waals surface area contributed by atoms with Crippen LogP contribution in [0.4, 0.5) is 0 Å². The summed E-state index contributed by atoms with van der Waals surface area (Å²) >= 11 is 6.79. The standard InChI is InChI=1S/C17H19N5O3S2/c1-12-10-27-14(18-12)9-15(23)21-6-4-20(5-7-21)11-22-17(26)25-16(19-22)13-3-2-8-24-13/h2-3,8,10H,4-7,9,11H2,1H3. The predicted molar refractivity (Wildman–Crippen MR) is 102 cm³/mol. The summed E-state index contributed by atoms with van der Waals surface area (Å²) in [5.74, 6) is 1.05. The van der Waals surface area contributed by atoms with Crippen LogP contribution in [0, 0.1) is 11.8 Å². The number of carbonyl (C=O) groups excluding carboxylic acids is 1. The van der Waals surface area contributed by atoms with Gasteiger partial charge in [0.25, 0.3) is 10.7 Å². The maximum Gasteiger partial charge on any atom is 0.288 e. The minimum Gasteiger partial charge on any atom is -0.459 e. The summed E-state index contributed by atoms with van der Waals surface area (Å²) in [5, 5.41) is 7.23. The van der Waals surface area contributed by atoms with Gasteiger partial charge in [0.2, 0.25) is 5.91 Å². The van der Waals surface area contributed by atoms with Gasteiger partial charge in [-0.25, -0.2) is 9.67 Å². The maximum absolute atomic E-state index is 12.4. The number of rotatable bonds is 5. The molecule has 4 rings (SSSR count). The minimum atomic E-state index is 0.127. The van der Waals surface area contributed by atoms with E-state index in [1.807, 2.05) is 17.2 Å². The van der Waals surface area contributed by atoms with Crippen LogP contribution < -0.4 is 0 Å². The van der Waals surface area contributed by atoms with Crippen molar-refractivity contribution in [1.82, 2.24) is 24.6 Å². The third-order valence-electron chi connectivity index (χ3n) is 4.37. The molecular formula is C17H19N5O3S2. The highest BCUT2D eigenvalue weighted by Crippen LogP contribution is 2.18. The molecule has 3 aromatic heterocycles. The Morgan fingerprint density at radius 2 is 2.15 bits per heavy atom. The molecule has 4 heterocycles. The third-order valence-corrected chi connectivity index (χ3v) is 5.63. The lowest BCUT2D eigenvalue weighted by Gasteiger charge is -2.34. The lowest BCUT2D eigenvalue weighted by atomic mass is 10.3. The fourth-order valence-corrected chi connectivity index (χ4v) is 3.89. The van der Waals surface area contributed by atoms with Crippen molar-refractivity contribution in [2.24, 2.45) is 0 Å². The van der Waals surface area contributed by atoms with Crippen LogP contribution in [0.15, 0.2) is 32.6 Å². The van der Waals surface area contributed by atoms with E-state index in [-0.39, 0.29) is 5.91 Å². The van der Waals surface area contributed by atoms with Crippen molar-refractivity contribution in [3.8, 4) is 11.7 Å². The number of furan rings is 1. The van der Waals surface area contributed by atoms with Gasteiger partial charge in [0, 0.05) is 37.3 Å². The third kappa shape index (κ3) is 4.18. The summed E-state index contributed by atoms with van der Waals surface area (Å²) in [4.78, 5) is 21.2. The number of aromatic nitrogens is 3. The number of amides is 1. The van der Waals surface area contributed by atoms with Gasteiger partial charge in [-0.2, -0.15) is 0 Å². The van der Waals surface area contributed by atoms with Crippen LogP contribution in [0.3, 0.4) is 0 Å². The fourth-order valence-electron chi connectivity index (χ4n) is 2.95. The van der Waals surface area contributed by atoms with Crippen molar-refractivity contribution in [1.29, 1.82) is 0 Å². The first-order valence-corrected chi connectivity index (χ1v) is 9.90. The Morgan fingerprint density at radius 1 is 1.33 bits per heavy atom. The Bertz CT molecular complexity index is 967. The second kappa shape index (κ2) is 7.75. The summed E-state index contributed by atoms with van der Waals surface area (Å²) in [6, 6.07) is 3.55. The summed E-state index contributed by atoms with van der Waals surface area (Å²) in [6.45, 7) is 5.34. The van der Waals surface area contributed by atoms with Crippen LogP contribution in [-0.4, -0.2) is 56.7 Å². The van der Waals surface area contributed by atoms with Gasteiger partial charge in [-0.05, 0) is 31.3 Å². The fraction of sp³-hybridized carbons (Fsp3) is 0.412. The number of aryl methyl sites for hydroxylation is 1. The maximum atomic E-state index is 12.4. The smallest absolute Gasteiger partial charge is 0.288 e. The summed E-state index contributed by atoms with van der Waals surface area (Å²) in [6.07, 6.45) is 1.94. The molecule has 0 aliphatic carbocycles. The highest BCUT2D eigenvalue weighted by Gasteiger charge is 2.23. The quantitative estimate of drug-likeness (QED) is 0.604. The van der Waals surface area contributed by atoms with Crippen LogP contribution >= 0.6 is 23.6 Å². The molecule has 0 aromatic carbocycles. The van der Waals surface area contributed by atoms with Crippen molar-refractivity contribution in [3.63, 3.8) is 0 Å². The molecule has 0 spiro atoms. The number of thiazole rings is 1. The Hall–Kier alpha value is -2.30. The zero-order valence-electron chi connectivity index (χ0n) is 14.8. The number of nitrogens with zero attached hydrogens (tertiary/aromatic N) is 5. The summed E-state index contributed by atoms with van der Waals surface area (Å²) in [7, 11) is 0. The van der Waals surface area contributed by atoms with E-state index in [0.29, 0.717) is 42.7 Å². The van der Waals surface area contributed by atoms with Gasteiger partial charge in [0.1, 0.15) is 5.01 Å². The molecule has 1 saturated heterocycles. The average molecular weight is 406 g/mol. The molecule has 0 saturated carbocycles. The first-order chi connectivity index (χ1) is 13.1. The molecule has 0 N–H and O–H groups in total. The molecule has 27 heavy (non-hydrogen) atoms. The van der Waals surface area contributed by atoms with Crippen molar-refractivity contribution in [3.05, 3.63) is 39.3 Å². The Labute approximate surface area is 165 Å². The lowest BCUT2D eigenvalue weighted by molar-refractivity contribution is -0.132. The average Bonchev–Trinajstić information content (AvgIpc) is 3.38. The van der Waals surface area contributed by atoms with E-state index in [0.717, 1.165) is 23.8 Å². The van der Waals surface area contributed by atoms with E-state index in [2.05, 4.69) is 15.0 Å². The van der Waals surface area contributed by atoms with Crippen LogP contribution in [0.2, 0.25) is 0 Å². The van der Waals surface area contributed by atoms with E-state index in [1.165, 1.54) is 11.3 Å². The lowest BCUT2D eigenvalue weighted by Crippen LogP contribution is -2.49. The first-order valence-electron chi connectivity index (χ1n) is 8.61. The largest absolute Gasteiger partial charge is 0.459 e. The first kappa shape index (κ1) is 18.1. The Morgan fingerprint density at radius 3 is 2.81 bits per heavy atom. The van der Waals surface area contributed by atoms with Crippen molar-refractivity contribution in [2.45, 2.75) is 20.0 Å². The van der Waals surface area contributed by atoms with Gasteiger partial charge >= 0.3 is 0 Å². The van der Waals surface area contributed by atoms with E-state index < -0.39 is 0 Å². The van der Waals surface area contributed by atoms with Crippen molar-refractivity contribution in [2.75, 3.05) is 26.2 Å². The summed E-state index contributed by atoms with van der Waals surface area (Å²) in [5.41, 5.74) is 0.964. The Balaban J connectivity index is 1.32. The monoisotopic (exact) mass is 405 g/mol. The van der Waals surface area contributed by atoms with Gasteiger partial charge in [-0.1, -0.05) is 0 Å². The van der Waals surface area contributed by atoms with Gasteiger partial charge in [0.05, 0.1) is 19.4 Å². The van der Waals surface area contributed by atoms with Gasteiger partial charge in [0.15, 0.2) is 5.76 Å². The van der Waals surface area contributed by atoms with E-state index in [4.69, 9.17) is 21.1 Å². The van der Waals surface area contributed by atoms with Crippen LogP contribution in [0.1, 0.15) is 10.7 Å². The molecular weight excluding hydrogens is 386 g/mol. The van der Waals surface area contributed by atoms with Crippen molar-refractivity contribution >= 4 is 29.5 Å². The van der Waals surface area contributed by atoms with E-state index >= 15 is 0 Å². The molecule has 0 atom stereocenters. The number of hydrogen-bond donors (Lipinski definition) is 0. The predicted octanol–water partition coefficient (Wildman–Crippen LogP) is 2.57. The molecule has 1 aliphatic heterocycles. The zero-order valence-corrected chi connectivity index (χ0v) is 16.5. The zero-order chi connectivity index (χ0) is 18.8. The van der Waals surface area contributed by atoms with E-state index in [9.17, 15) is 4.79 Å². The molecule has 1 aliphatic rings. The molecule has 0 radical (unpaired) electrons. The Kier molecular flexibility index (Phi) is 5.19. The van der Waals surface area contributed by atoms with Gasteiger partial charge in [-0.15, -0.1) is 16.4 Å². The molecule has 10 heteroatoms. The molecule has 0 unspecified atom stereocenters. The van der Waals surface area contributed by atoms with Gasteiger partial charge < -0.3 is 13.7 Å². The SMILES string of the molecule is Cc1csc(CC(=O)N2CCN(Cn3nc(-c4ccco4)oc3=S)CC2)n1. The molecule has 8 nitrogen and oxygen atoms in total. The second-order valence-electron chi connectivity index (χ2n) is 6.35. The number of carbonyl (C=O) groups is 1. The van der Waals surface area contributed by atoms with Crippen molar-refractivity contribution < 1.29 is 13.6 Å². The normalized spacial score (nSPS) is 15.4. The molecule has 3 aromatic rings. The highest BCUT2D eigenvalue weighted by atomic mass is 32.1. The molecule has 142 valence electrons. The molecule has 1 amide bonds. The van der Waals surface area contributed by atoms with E-state index in [1.54, 1.807) is 23.1 Å². The van der Waals surface area contributed by atoms with Gasteiger partial charge in [-0.3, -0.25) is 9.69 Å². The number of piperazine rings is 1.